The van der Waals surface area contributed by atoms with E-state index in [-0.39, 0.29) is 5.78 Å². The number of amides is 1. The van der Waals surface area contributed by atoms with Gasteiger partial charge < -0.3 is 14.8 Å². The normalized spacial score (nSPS) is 22.5. The summed E-state index contributed by atoms with van der Waals surface area (Å²) < 4.78 is 10.9. The Bertz CT molecular complexity index is 798. The monoisotopic (exact) mass is 337 g/mol. The van der Waals surface area contributed by atoms with Gasteiger partial charge in [-0.15, -0.1) is 0 Å². The van der Waals surface area contributed by atoms with Crippen molar-refractivity contribution in [1.29, 1.82) is 0 Å². The Labute approximate surface area is 146 Å². The third-order valence-corrected chi connectivity index (χ3v) is 4.20. The molecule has 0 fully saturated rings. The lowest BCUT2D eigenvalue weighted by molar-refractivity contribution is -0.177. The van der Waals surface area contributed by atoms with Crippen LogP contribution in [0.2, 0.25) is 0 Å². The minimum atomic E-state index is -1.21. The highest BCUT2D eigenvalue weighted by molar-refractivity contribution is 5.98. The fourth-order valence-electron chi connectivity index (χ4n) is 2.70. The molecule has 0 aliphatic carbocycles. The van der Waals surface area contributed by atoms with Gasteiger partial charge in [0.2, 0.25) is 6.29 Å². The predicted molar refractivity (Wildman–Crippen MR) is 93.8 cm³/mol. The van der Waals surface area contributed by atoms with Crippen molar-refractivity contribution in [2.75, 3.05) is 7.05 Å². The summed E-state index contributed by atoms with van der Waals surface area (Å²) in [7, 11) is 1.46. The average molecular weight is 337 g/mol. The summed E-state index contributed by atoms with van der Waals surface area (Å²) in [6, 6.07) is 17.6. The van der Waals surface area contributed by atoms with Crippen LogP contribution in [0.15, 0.2) is 66.7 Å². The molecule has 1 aliphatic heterocycles. The van der Waals surface area contributed by atoms with Gasteiger partial charge in [0.1, 0.15) is 0 Å². The molecular weight excluding hydrogens is 318 g/mol. The largest absolute Gasteiger partial charge is 0.416 e. The highest BCUT2D eigenvalue weighted by Crippen LogP contribution is 2.33. The molecule has 1 aliphatic rings. The number of hydrogen-bond donors (Lipinski definition) is 1. The molecule has 1 amide bonds. The van der Waals surface area contributed by atoms with Crippen LogP contribution in [0, 0.1) is 0 Å². The molecule has 2 aromatic carbocycles. The molecule has 0 aromatic heterocycles. The molecule has 5 nitrogen and oxygen atoms in total. The van der Waals surface area contributed by atoms with E-state index in [1.165, 1.54) is 19.2 Å². The van der Waals surface area contributed by atoms with Gasteiger partial charge in [-0.3, -0.25) is 4.79 Å². The number of alkyl carbamates (subject to hydrolysis) is 1. The van der Waals surface area contributed by atoms with Crippen LogP contribution in [0.5, 0.6) is 0 Å². The molecule has 5 heteroatoms. The van der Waals surface area contributed by atoms with E-state index in [0.717, 1.165) is 11.1 Å². The number of benzene rings is 2. The Morgan fingerprint density at radius 1 is 1.08 bits per heavy atom. The van der Waals surface area contributed by atoms with Gasteiger partial charge in [-0.1, -0.05) is 54.6 Å². The van der Waals surface area contributed by atoms with Crippen molar-refractivity contribution >= 4 is 11.9 Å². The fourth-order valence-corrected chi connectivity index (χ4v) is 2.70. The van der Waals surface area contributed by atoms with Crippen molar-refractivity contribution in [2.24, 2.45) is 0 Å². The summed E-state index contributed by atoms with van der Waals surface area (Å²) in [4.78, 5) is 23.8. The first-order chi connectivity index (χ1) is 12.0. The topological polar surface area (TPSA) is 64.6 Å². The van der Waals surface area contributed by atoms with Crippen molar-refractivity contribution < 1.29 is 19.1 Å². The first-order valence-corrected chi connectivity index (χ1v) is 7.98. The van der Waals surface area contributed by atoms with Gasteiger partial charge in [-0.2, -0.15) is 0 Å². The standard InChI is InChI=1S/C20H19NO4/c1-20(17(22)12-13-18(25-20)24-19(23)21-2)16-10-8-15(9-11-16)14-6-4-3-5-7-14/h3-13,18H,1-2H3,(H,21,23)/t18-,20+/m0/s1. The SMILES string of the molecule is CNC(=O)O[C@@H]1C=CC(=O)[C@@](C)(c2ccc(-c3ccccc3)cc2)O1. The molecule has 25 heavy (non-hydrogen) atoms. The van der Waals surface area contributed by atoms with Crippen molar-refractivity contribution in [3.8, 4) is 11.1 Å². The molecule has 0 unspecified atom stereocenters. The molecule has 128 valence electrons. The van der Waals surface area contributed by atoms with Crippen LogP contribution in [0.25, 0.3) is 11.1 Å². The maximum atomic E-state index is 12.4. The van der Waals surface area contributed by atoms with Gasteiger partial charge in [0.05, 0.1) is 0 Å². The van der Waals surface area contributed by atoms with Crippen LogP contribution >= 0.6 is 0 Å². The second kappa shape index (κ2) is 6.91. The van der Waals surface area contributed by atoms with E-state index in [1.807, 2.05) is 54.6 Å². The quantitative estimate of drug-likeness (QED) is 0.932. The minimum absolute atomic E-state index is 0.197. The van der Waals surface area contributed by atoms with Crippen molar-refractivity contribution in [2.45, 2.75) is 18.8 Å². The lowest BCUT2D eigenvalue weighted by atomic mass is 9.88. The summed E-state index contributed by atoms with van der Waals surface area (Å²) in [6.07, 6.45) is 1.28. The molecule has 0 saturated heterocycles. The van der Waals surface area contributed by atoms with E-state index < -0.39 is 18.0 Å². The van der Waals surface area contributed by atoms with Gasteiger partial charge in [0.15, 0.2) is 11.4 Å². The zero-order valence-corrected chi connectivity index (χ0v) is 14.1. The molecule has 2 aromatic rings. The van der Waals surface area contributed by atoms with E-state index in [1.54, 1.807) is 6.92 Å². The molecule has 2 atom stereocenters. The summed E-state index contributed by atoms with van der Waals surface area (Å²) in [6.45, 7) is 1.68. The van der Waals surface area contributed by atoms with Gasteiger partial charge in [0, 0.05) is 7.05 Å². The molecule has 1 heterocycles. The van der Waals surface area contributed by atoms with Crippen molar-refractivity contribution in [3.63, 3.8) is 0 Å². The zero-order valence-electron chi connectivity index (χ0n) is 14.1. The van der Waals surface area contributed by atoms with Crippen LogP contribution in [0.1, 0.15) is 12.5 Å². The number of ether oxygens (including phenoxy) is 2. The highest BCUT2D eigenvalue weighted by atomic mass is 16.7. The summed E-state index contributed by atoms with van der Waals surface area (Å²) in [5.41, 5.74) is 1.63. The number of carbonyl (C=O) groups excluding carboxylic acids is 2. The van der Waals surface area contributed by atoms with E-state index in [2.05, 4.69) is 5.32 Å². The minimum Gasteiger partial charge on any atom is -0.416 e. The average Bonchev–Trinajstić information content (AvgIpc) is 2.65. The second-order valence-corrected chi connectivity index (χ2v) is 5.84. The molecule has 0 bridgehead atoms. The number of carbonyl (C=O) groups is 2. The molecule has 0 spiro atoms. The molecule has 0 radical (unpaired) electrons. The molecular formula is C20H19NO4. The van der Waals surface area contributed by atoms with Crippen molar-refractivity contribution in [1.82, 2.24) is 5.32 Å². The first kappa shape index (κ1) is 16.9. The lowest BCUT2D eigenvalue weighted by Crippen LogP contribution is -2.43. The van der Waals surface area contributed by atoms with Gasteiger partial charge in [-0.05, 0) is 35.8 Å². The Morgan fingerprint density at radius 3 is 2.36 bits per heavy atom. The van der Waals surface area contributed by atoms with Gasteiger partial charge >= 0.3 is 6.09 Å². The first-order valence-electron chi connectivity index (χ1n) is 7.98. The zero-order chi connectivity index (χ0) is 17.9. The van der Waals surface area contributed by atoms with Crippen LogP contribution in [-0.2, 0) is 19.9 Å². The highest BCUT2D eigenvalue weighted by Gasteiger charge is 2.40. The van der Waals surface area contributed by atoms with E-state index in [4.69, 9.17) is 9.47 Å². The Hall–Kier alpha value is -2.92. The van der Waals surface area contributed by atoms with E-state index in [9.17, 15) is 9.59 Å². The Balaban J connectivity index is 1.85. The van der Waals surface area contributed by atoms with E-state index in [0.29, 0.717) is 5.56 Å². The predicted octanol–water partition coefficient (Wildman–Crippen LogP) is 3.41. The Morgan fingerprint density at radius 2 is 1.72 bits per heavy atom. The number of hydrogen-bond acceptors (Lipinski definition) is 4. The summed E-state index contributed by atoms with van der Waals surface area (Å²) in [5.74, 6) is -0.197. The maximum Gasteiger partial charge on any atom is 0.409 e. The van der Waals surface area contributed by atoms with Crippen LogP contribution in [0.3, 0.4) is 0 Å². The van der Waals surface area contributed by atoms with Crippen LogP contribution in [0.4, 0.5) is 4.79 Å². The number of ketones is 1. The Kier molecular flexibility index (Phi) is 4.67. The number of rotatable bonds is 3. The molecule has 1 N–H and O–H groups in total. The maximum absolute atomic E-state index is 12.4. The van der Waals surface area contributed by atoms with E-state index >= 15 is 0 Å². The smallest absolute Gasteiger partial charge is 0.409 e. The summed E-state index contributed by atoms with van der Waals surface area (Å²) in [5, 5.41) is 2.36. The fraction of sp³-hybridized carbons (Fsp3) is 0.200. The van der Waals surface area contributed by atoms with Crippen molar-refractivity contribution in [3.05, 3.63) is 72.3 Å². The third-order valence-electron chi connectivity index (χ3n) is 4.20. The molecule has 3 rings (SSSR count). The lowest BCUT2D eigenvalue weighted by Gasteiger charge is -2.33. The van der Waals surface area contributed by atoms with Gasteiger partial charge in [-0.25, -0.2) is 4.79 Å². The van der Waals surface area contributed by atoms with Crippen LogP contribution in [-0.4, -0.2) is 25.2 Å². The molecule has 0 saturated carbocycles. The second-order valence-electron chi connectivity index (χ2n) is 5.84. The van der Waals surface area contributed by atoms with Crippen LogP contribution < -0.4 is 5.32 Å². The summed E-state index contributed by atoms with van der Waals surface area (Å²) >= 11 is 0. The number of nitrogens with one attached hydrogen (secondary N) is 1. The third kappa shape index (κ3) is 3.46. The van der Waals surface area contributed by atoms with Gasteiger partial charge in [0.25, 0.3) is 0 Å².